The largest absolute Gasteiger partial charge is 0.481 e. The number of likely N-dealkylation sites (tertiary alicyclic amines) is 1. The summed E-state index contributed by atoms with van der Waals surface area (Å²) in [5.74, 6) is -1.23. The molecule has 194 valence electrons. The molecule has 4 rings (SSSR count). The Bertz CT molecular complexity index is 1090. The van der Waals surface area contributed by atoms with Crippen molar-refractivity contribution in [1.82, 2.24) is 9.80 Å². The molecule has 0 spiro atoms. The minimum atomic E-state index is -1.05. The van der Waals surface area contributed by atoms with Crippen LogP contribution < -0.4 is 0 Å². The third-order valence-corrected chi connectivity index (χ3v) is 8.23. The topological polar surface area (TPSA) is 70.1 Å². The number of rotatable bonds is 9. The molecule has 2 aromatic rings. The first-order valence-corrected chi connectivity index (χ1v) is 13.2. The second-order valence-electron chi connectivity index (χ2n) is 10.4. The molecule has 4 atom stereocenters. The van der Waals surface area contributed by atoms with Gasteiger partial charge in [0.25, 0.3) is 0 Å². The molecule has 0 radical (unpaired) electrons. The van der Waals surface area contributed by atoms with Crippen molar-refractivity contribution in [3.63, 3.8) is 0 Å². The van der Waals surface area contributed by atoms with E-state index in [4.69, 9.17) is 27.9 Å². The van der Waals surface area contributed by atoms with Crippen LogP contribution in [0.1, 0.15) is 56.2 Å². The molecule has 0 saturated carbocycles. The number of hydrogen-bond acceptors (Lipinski definition) is 4. The van der Waals surface area contributed by atoms with Crippen LogP contribution in [0.25, 0.3) is 0 Å². The van der Waals surface area contributed by atoms with Crippen LogP contribution in [0, 0.1) is 5.41 Å². The lowest BCUT2D eigenvalue weighted by Gasteiger charge is -2.52. The van der Waals surface area contributed by atoms with E-state index >= 15 is 0 Å². The number of halogens is 2. The normalized spacial score (nSPS) is 25.6. The fourth-order valence-corrected chi connectivity index (χ4v) is 5.98. The molecule has 2 aromatic carbocycles. The first-order chi connectivity index (χ1) is 17.1. The highest BCUT2D eigenvalue weighted by Gasteiger charge is 2.52. The monoisotopic (exact) mass is 532 g/mol. The summed E-state index contributed by atoms with van der Waals surface area (Å²) < 4.78 is 5.39. The smallest absolute Gasteiger partial charge is 0.304 e. The lowest BCUT2D eigenvalue weighted by Crippen LogP contribution is -2.59. The van der Waals surface area contributed by atoms with Crippen molar-refractivity contribution in [3.05, 3.63) is 69.7 Å². The highest BCUT2D eigenvalue weighted by atomic mass is 35.5. The number of carbonyl (C=O) groups is 2. The van der Waals surface area contributed by atoms with Crippen LogP contribution in [-0.2, 0) is 14.3 Å². The summed E-state index contributed by atoms with van der Waals surface area (Å²) in [5.41, 5.74) is 0.920. The van der Waals surface area contributed by atoms with Crippen LogP contribution in [0.4, 0.5) is 0 Å². The van der Waals surface area contributed by atoms with Gasteiger partial charge in [0, 0.05) is 28.5 Å². The number of carbonyl (C=O) groups excluding carboxylic acids is 1. The minimum Gasteiger partial charge on any atom is -0.481 e. The molecule has 2 fully saturated rings. The fourth-order valence-electron chi connectivity index (χ4n) is 5.65. The zero-order chi connectivity index (χ0) is 26.0. The molecule has 2 heterocycles. The van der Waals surface area contributed by atoms with Crippen molar-refractivity contribution in [2.75, 3.05) is 26.8 Å². The second kappa shape index (κ2) is 11.1. The predicted octanol–water partition coefficient (Wildman–Crippen LogP) is 5.64. The van der Waals surface area contributed by atoms with E-state index in [9.17, 15) is 14.7 Å². The first kappa shape index (κ1) is 26.9. The number of carboxylic acids is 1. The molecule has 2 aliphatic rings. The molecular weight excluding hydrogens is 499 g/mol. The first-order valence-electron chi connectivity index (χ1n) is 12.5. The lowest BCUT2D eigenvalue weighted by molar-refractivity contribution is -0.161. The molecule has 2 aliphatic heterocycles. The summed E-state index contributed by atoms with van der Waals surface area (Å²) in [6.07, 6.45) is 0.916. The van der Waals surface area contributed by atoms with Crippen molar-refractivity contribution in [1.29, 1.82) is 0 Å². The van der Waals surface area contributed by atoms with Crippen molar-refractivity contribution in [2.45, 2.75) is 57.2 Å². The Labute approximate surface area is 223 Å². The minimum absolute atomic E-state index is 0.112. The van der Waals surface area contributed by atoms with E-state index in [2.05, 4.69) is 18.9 Å². The molecule has 0 aromatic heterocycles. The van der Waals surface area contributed by atoms with Gasteiger partial charge in [0.15, 0.2) is 0 Å². The third-order valence-electron chi connectivity index (χ3n) is 7.74. The standard InChI is InChI=1S/C28H34Cl2N2O4/c1-4-22(15-31(3)23-16-36-17-23)32-26(18-8-10-20(29)11-9-18)24(19-6-5-7-21(30)12-19)13-28(2,27(32)35)14-25(33)34/h5-12,22-24,26H,4,13-17H2,1-3H3,(H,33,34)/t22-,24+,26+,28-/m0/s1. The Morgan fingerprint density at radius 1 is 1.17 bits per heavy atom. The van der Waals surface area contributed by atoms with E-state index in [0.717, 1.165) is 17.5 Å². The molecule has 0 aliphatic carbocycles. The summed E-state index contributed by atoms with van der Waals surface area (Å²) in [7, 11) is 2.06. The average molecular weight is 533 g/mol. The van der Waals surface area contributed by atoms with Crippen LogP contribution in [0.15, 0.2) is 48.5 Å². The van der Waals surface area contributed by atoms with Gasteiger partial charge in [-0.15, -0.1) is 0 Å². The van der Waals surface area contributed by atoms with E-state index in [1.165, 1.54) is 0 Å². The molecule has 1 amide bonds. The van der Waals surface area contributed by atoms with Crippen molar-refractivity contribution in [3.8, 4) is 0 Å². The van der Waals surface area contributed by atoms with Gasteiger partial charge in [0.2, 0.25) is 5.91 Å². The molecule has 6 nitrogen and oxygen atoms in total. The van der Waals surface area contributed by atoms with Crippen LogP contribution in [-0.4, -0.2) is 65.7 Å². The number of aliphatic carboxylic acids is 1. The van der Waals surface area contributed by atoms with E-state index in [-0.39, 0.29) is 30.3 Å². The van der Waals surface area contributed by atoms with Gasteiger partial charge in [-0.3, -0.25) is 14.5 Å². The summed E-state index contributed by atoms with van der Waals surface area (Å²) in [5, 5.41) is 11.0. The maximum Gasteiger partial charge on any atom is 0.304 e. The average Bonchev–Trinajstić information content (AvgIpc) is 2.78. The van der Waals surface area contributed by atoms with E-state index in [1.807, 2.05) is 53.4 Å². The zero-order valence-corrected chi connectivity index (χ0v) is 22.5. The number of benzene rings is 2. The van der Waals surface area contributed by atoms with Crippen molar-refractivity contribution < 1.29 is 19.4 Å². The summed E-state index contributed by atoms with van der Waals surface area (Å²) >= 11 is 12.6. The van der Waals surface area contributed by atoms with E-state index in [1.54, 1.807) is 6.92 Å². The van der Waals surface area contributed by atoms with Gasteiger partial charge in [-0.05, 0) is 55.3 Å². The molecule has 36 heavy (non-hydrogen) atoms. The third kappa shape index (κ3) is 5.57. The molecule has 0 unspecified atom stereocenters. The van der Waals surface area contributed by atoms with E-state index in [0.29, 0.717) is 42.3 Å². The SMILES string of the molecule is CC[C@@H](CN(C)C1COC1)N1C(=O)[C@](C)(CC(=O)O)C[C@H](c2cccc(Cl)c2)[C@H]1c1ccc(Cl)cc1. The van der Waals surface area contributed by atoms with Crippen molar-refractivity contribution >= 4 is 35.1 Å². The maximum absolute atomic E-state index is 14.3. The maximum atomic E-state index is 14.3. The summed E-state index contributed by atoms with van der Waals surface area (Å²) in [6.45, 7) is 5.92. The van der Waals surface area contributed by atoms with Gasteiger partial charge < -0.3 is 14.7 Å². The zero-order valence-electron chi connectivity index (χ0n) is 21.0. The number of likely N-dealkylation sites (N-methyl/N-ethyl adjacent to an activating group) is 1. The summed E-state index contributed by atoms with van der Waals surface area (Å²) in [4.78, 5) is 30.4. The number of ether oxygens (including phenoxy) is 1. The highest BCUT2D eigenvalue weighted by Crippen LogP contribution is 2.52. The predicted molar refractivity (Wildman–Crippen MR) is 142 cm³/mol. The second-order valence-corrected chi connectivity index (χ2v) is 11.3. The molecule has 0 bridgehead atoms. The lowest BCUT2D eigenvalue weighted by atomic mass is 9.67. The Kier molecular flexibility index (Phi) is 8.30. The number of carboxylic acid groups (broad SMARTS) is 1. The van der Waals surface area contributed by atoms with Gasteiger partial charge in [-0.1, -0.05) is 61.3 Å². The highest BCUT2D eigenvalue weighted by molar-refractivity contribution is 6.30. The Balaban J connectivity index is 1.84. The Morgan fingerprint density at radius 3 is 2.42 bits per heavy atom. The number of piperidine rings is 1. The molecule has 1 N–H and O–H groups in total. The Morgan fingerprint density at radius 2 is 1.86 bits per heavy atom. The van der Waals surface area contributed by atoms with Gasteiger partial charge in [-0.2, -0.15) is 0 Å². The number of nitrogens with zero attached hydrogens (tertiary/aromatic N) is 2. The van der Waals surface area contributed by atoms with Crippen LogP contribution in [0.2, 0.25) is 10.0 Å². The van der Waals surface area contributed by atoms with Gasteiger partial charge in [0.05, 0.1) is 37.1 Å². The molecular formula is C28H34Cl2N2O4. The van der Waals surface area contributed by atoms with Crippen LogP contribution in [0.3, 0.4) is 0 Å². The van der Waals surface area contributed by atoms with Crippen molar-refractivity contribution in [2.24, 2.45) is 5.41 Å². The molecule has 8 heteroatoms. The fraction of sp³-hybridized carbons (Fsp3) is 0.500. The van der Waals surface area contributed by atoms with E-state index < -0.39 is 11.4 Å². The molecule has 2 saturated heterocycles. The summed E-state index contributed by atoms with van der Waals surface area (Å²) in [6, 6.07) is 15.3. The number of hydrogen-bond donors (Lipinski definition) is 1. The Hall–Kier alpha value is -2.12. The number of amides is 1. The van der Waals surface area contributed by atoms with Crippen LogP contribution in [0.5, 0.6) is 0 Å². The van der Waals surface area contributed by atoms with Gasteiger partial charge in [-0.25, -0.2) is 0 Å². The van der Waals surface area contributed by atoms with Gasteiger partial charge in [0.1, 0.15) is 0 Å². The quantitative estimate of drug-likeness (QED) is 0.452. The van der Waals surface area contributed by atoms with Gasteiger partial charge >= 0.3 is 5.97 Å². The van der Waals surface area contributed by atoms with Crippen LogP contribution >= 0.6 is 23.2 Å².